The smallest absolute Gasteiger partial charge is 0.126 e. The average Bonchev–Trinajstić information content (AvgIpc) is 2.37. The summed E-state index contributed by atoms with van der Waals surface area (Å²) in [5.74, 6) is 1.01. The van der Waals surface area contributed by atoms with Crippen molar-refractivity contribution >= 4 is 0 Å². The van der Waals surface area contributed by atoms with Crippen LogP contribution in [-0.2, 0) is 6.54 Å². The molecule has 114 valence electrons. The van der Waals surface area contributed by atoms with E-state index >= 15 is 0 Å². The molecule has 0 saturated carbocycles. The van der Waals surface area contributed by atoms with Crippen LogP contribution in [0.25, 0.3) is 0 Å². The van der Waals surface area contributed by atoms with Crippen LogP contribution in [-0.4, -0.2) is 23.9 Å². The summed E-state index contributed by atoms with van der Waals surface area (Å²) in [5, 5.41) is 12.3. The number of rotatable bonds is 8. The van der Waals surface area contributed by atoms with Gasteiger partial charge in [-0.05, 0) is 52.5 Å². The predicted molar refractivity (Wildman–Crippen MR) is 84.2 cm³/mol. The number of hydrogen-bond acceptors (Lipinski definition) is 3. The van der Waals surface area contributed by atoms with Crippen molar-refractivity contribution < 1.29 is 9.84 Å². The lowest BCUT2D eigenvalue weighted by Gasteiger charge is -2.22. The topological polar surface area (TPSA) is 41.5 Å². The van der Waals surface area contributed by atoms with E-state index in [0.717, 1.165) is 31.6 Å². The van der Waals surface area contributed by atoms with E-state index in [9.17, 15) is 0 Å². The number of hydrogen-bond donors (Lipinski definition) is 2. The molecule has 0 fully saturated rings. The molecule has 1 rings (SSSR count). The molecule has 0 heterocycles. The standard InChI is InChI=1S/C17H29NO2/c1-14-9-8-10-15(13-18-17(2,3)4)16(14)20-12-7-5-6-11-19/h8-10,18-19H,5-7,11-13H2,1-4H3. The largest absolute Gasteiger partial charge is 0.493 e. The number of benzene rings is 1. The molecule has 1 aromatic carbocycles. The number of ether oxygens (including phenoxy) is 1. The maximum atomic E-state index is 8.77. The summed E-state index contributed by atoms with van der Waals surface area (Å²) in [6, 6.07) is 6.28. The maximum absolute atomic E-state index is 8.77. The van der Waals surface area contributed by atoms with Gasteiger partial charge < -0.3 is 15.2 Å². The average molecular weight is 279 g/mol. The lowest BCUT2D eigenvalue weighted by atomic mass is 10.1. The van der Waals surface area contributed by atoms with Gasteiger partial charge in [-0.25, -0.2) is 0 Å². The van der Waals surface area contributed by atoms with Crippen molar-refractivity contribution in [2.75, 3.05) is 13.2 Å². The zero-order valence-corrected chi connectivity index (χ0v) is 13.3. The first-order valence-electron chi connectivity index (χ1n) is 7.51. The van der Waals surface area contributed by atoms with E-state index in [1.54, 1.807) is 0 Å². The van der Waals surface area contributed by atoms with Gasteiger partial charge in [-0.3, -0.25) is 0 Å². The molecule has 0 unspecified atom stereocenters. The minimum Gasteiger partial charge on any atom is -0.493 e. The first-order chi connectivity index (χ1) is 9.44. The predicted octanol–water partition coefficient (Wildman–Crippen LogP) is 3.42. The van der Waals surface area contributed by atoms with Gasteiger partial charge in [0.2, 0.25) is 0 Å². The molecule has 0 aliphatic rings. The van der Waals surface area contributed by atoms with Gasteiger partial charge in [-0.2, -0.15) is 0 Å². The third kappa shape index (κ3) is 6.40. The summed E-state index contributed by atoms with van der Waals surface area (Å²) in [4.78, 5) is 0. The summed E-state index contributed by atoms with van der Waals surface area (Å²) in [5.41, 5.74) is 2.49. The van der Waals surface area contributed by atoms with Crippen LogP contribution < -0.4 is 10.1 Å². The van der Waals surface area contributed by atoms with E-state index in [-0.39, 0.29) is 12.1 Å². The Hall–Kier alpha value is -1.06. The van der Waals surface area contributed by atoms with Crippen molar-refractivity contribution in [1.29, 1.82) is 0 Å². The van der Waals surface area contributed by atoms with Gasteiger partial charge >= 0.3 is 0 Å². The van der Waals surface area contributed by atoms with E-state index < -0.39 is 0 Å². The van der Waals surface area contributed by atoms with Crippen molar-refractivity contribution in [3.05, 3.63) is 29.3 Å². The molecule has 20 heavy (non-hydrogen) atoms. The highest BCUT2D eigenvalue weighted by Crippen LogP contribution is 2.24. The Morgan fingerprint density at radius 2 is 1.90 bits per heavy atom. The van der Waals surface area contributed by atoms with Crippen molar-refractivity contribution in [3.63, 3.8) is 0 Å². The van der Waals surface area contributed by atoms with Crippen LogP contribution in [0.4, 0.5) is 0 Å². The summed E-state index contributed by atoms with van der Waals surface area (Å²) >= 11 is 0. The molecule has 0 atom stereocenters. The van der Waals surface area contributed by atoms with Crippen LogP contribution in [0.3, 0.4) is 0 Å². The molecule has 1 aromatic rings. The second-order valence-corrected chi connectivity index (χ2v) is 6.30. The number of unbranched alkanes of at least 4 members (excludes halogenated alkanes) is 2. The summed E-state index contributed by atoms with van der Waals surface area (Å²) < 4.78 is 5.96. The molecule has 0 bridgehead atoms. The van der Waals surface area contributed by atoms with Crippen LogP contribution in [0, 0.1) is 6.92 Å². The van der Waals surface area contributed by atoms with E-state index in [4.69, 9.17) is 9.84 Å². The van der Waals surface area contributed by atoms with Crippen LogP contribution in [0.15, 0.2) is 18.2 Å². The van der Waals surface area contributed by atoms with E-state index in [1.807, 2.05) is 0 Å². The quantitative estimate of drug-likeness (QED) is 0.716. The highest BCUT2D eigenvalue weighted by molar-refractivity contribution is 5.40. The van der Waals surface area contributed by atoms with Crippen LogP contribution in [0.1, 0.15) is 51.2 Å². The monoisotopic (exact) mass is 279 g/mol. The first kappa shape index (κ1) is 17.0. The Bertz CT molecular complexity index is 396. The van der Waals surface area contributed by atoms with Crippen LogP contribution in [0.5, 0.6) is 5.75 Å². The molecule has 3 nitrogen and oxygen atoms in total. The van der Waals surface area contributed by atoms with Gasteiger partial charge in [-0.1, -0.05) is 18.2 Å². The van der Waals surface area contributed by atoms with Gasteiger partial charge in [0.25, 0.3) is 0 Å². The molecule has 0 radical (unpaired) electrons. The SMILES string of the molecule is Cc1cccc(CNC(C)(C)C)c1OCCCCCO. The fourth-order valence-corrected chi connectivity index (χ4v) is 1.98. The molecular weight excluding hydrogens is 250 g/mol. The van der Waals surface area contributed by atoms with Gasteiger partial charge in [0.15, 0.2) is 0 Å². The molecule has 0 amide bonds. The highest BCUT2D eigenvalue weighted by atomic mass is 16.5. The second kappa shape index (κ2) is 8.28. The Morgan fingerprint density at radius 3 is 2.55 bits per heavy atom. The first-order valence-corrected chi connectivity index (χ1v) is 7.51. The minimum absolute atomic E-state index is 0.0993. The van der Waals surface area contributed by atoms with Gasteiger partial charge in [0.1, 0.15) is 5.75 Å². The lowest BCUT2D eigenvalue weighted by molar-refractivity contribution is 0.264. The Kier molecular flexibility index (Phi) is 7.03. The number of aryl methyl sites for hydroxylation is 1. The van der Waals surface area contributed by atoms with Gasteiger partial charge in [0.05, 0.1) is 6.61 Å². The Morgan fingerprint density at radius 1 is 1.15 bits per heavy atom. The zero-order chi connectivity index (χ0) is 15.0. The number of aliphatic hydroxyl groups excluding tert-OH is 1. The normalized spacial score (nSPS) is 11.7. The van der Waals surface area contributed by atoms with Crippen LogP contribution in [0.2, 0.25) is 0 Å². The molecule has 0 spiro atoms. The summed E-state index contributed by atoms with van der Waals surface area (Å²) in [6.07, 6.45) is 2.86. The molecular formula is C17H29NO2. The lowest BCUT2D eigenvalue weighted by Crippen LogP contribution is -2.35. The number of aliphatic hydroxyl groups is 1. The Balaban J connectivity index is 2.59. The van der Waals surface area contributed by atoms with Crippen molar-refractivity contribution in [3.8, 4) is 5.75 Å². The zero-order valence-electron chi connectivity index (χ0n) is 13.3. The third-order valence-electron chi connectivity index (χ3n) is 3.15. The number of nitrogens with one attached hydrogen (secondary N) is 1. The highest BCUT2D eigenvalue weighted by Gasteiger charge is 2.12. The van der Waals surface area contributed by atoms with Crippen molar-refractivity contribution in [2.24, 2.45) is 0 Å². The van der Waals surface area contributed by atoms with Gasteiger partial charge in [0, 0.05) is 24.3 Å². The molecule has 0 saturated heterocycles. The number of para-hydroxylation sites is 1. The fourth-order valence-electron chi connectivity index (χ4n) is 1.98. The van der Waals surface area contributed by atoms with Gasteiger partial charge in [-0.15, -0.1) is 0 Å². The second-order valence-electron chi connectivity index (χ2n) is 6.30. The van der Waals surface area contributed by atoms with E-state index in [2.05, 4.69) is 51.2 Å². The maximum Gasteiger partial charge on any atom is 0.126 e. The molecule has 3 heteroatoms. The summed E-state index contributed by atoms with van der Waals surface area (Å²) in [7, 11) is 0. The Labute approximate surface area is 123 Å². The minimum atomic E-state index is 0.0993. The molecule has 0 aliphatic heterocycles. The van der Waals surface area contributed by atoms with Crippen molar-refractivity contribution in [2.45, 2.75) is 59.0 Å². The van der Waals surface area contributed by atoms with E-state index in [0.29, 0.717) is 6.61 Å². The van der Waals surface area contributed by atoms with E-state index in [1.165, 1.54) is 11.1 Å². The fraction of sp³-hybridized carbons (Fsp3) is 0.647. The third-order valence-corrected chi connectivity index (χ3v) is 3.15. The molecule has 0 aliphatic carbocycles. The molecule has 2 N–H and O–H groups in total. The van der Waals surface area contributed by atoms with Crippen molar-refractivity contribution in [1.82, 2.24) is 5.32 Å². The molecule has 0 aromatic heterocycles. The summed E-state index contributed by atoms with van der Waals surface area (Å²) in [6.45, 7) is 10.4. The van der Waals surface area contributed by atoms with Crippen LogP contribution >= 0.6 is 0 Å².